The van der Waals surface area contributed by atoms with Crippen LogP contribution in [0.1, 0.15) is 6.42 Å². The number of nitrogens with one attached hydrogen (secondary N) is 2. The van der Waals surface area contributed by atoms with Gasteiger partial charge in [-0.3, -0.25) is 9.59 Å². The minimum absolute atomic E-state index is 0.00249. The van der Waals surface area contributed by atoms with Crippen molar-refractivity contribution in [3.05, 3.63) is 53.1 Å². The number of carbonyl (C=O) groups is 1. The third-order valence-corrected chi connectivity index (χ3v) is 4.77. The van der Waals surface area contributed by atoms with E-state index in [1.807, 2.05) is 43.3 Å². The van der Waals surface area contributed by atoms with Gasteiger partial charge in [0.1, 0.15) is 5.69 Å². The molecule has 29 heavy (non-hydrogen) atoms. The Morgan fingerprint density at radius 1 is 1.41 bits per heavy atom. The third kappa shape index (κ3) is 5.45. The summed E-state index contributed by atoms with van der Waals surface area (Å²) in [7, 11) is 5.48. The summed E-state index contributed by atoms with van der Waals surface area (Å²) >= 11 is 0. The van der Waals surface area contributed by atoms with Crippen LogP contribution >= 0.6 is 0 Å². The van der Waals surface area contributed by atoms with Crippen LogP contribution in [0, 0.1) is 0 Å². The number of hydrogen-bond acceptors (Lipinski definition) is 6. The number of anilines is 1. The van der Waals surface area contributed by atoms with Crippen LogP contribution in [0.25, 0.3) is 11.1 Å². The SMILES string of the molecule is COc1cc(-c2c[nH]c(=O)c(NC3CCN(C(=O)C=CCN(C)C)C3)c2)ccn1. The summed E-state index contributed by atoms with van der Waals surface area (Å²) in [5, 5.41) is 3.29. The number of hydrogen-bond donors (Lipinski definition) is 2. The monoisotopic (exact) mass is 397 g/mol. The number of carbonyl (C=O) groups excluding carboxylic acids is 1. The van der Waals surface area contributed by atoms with Gasteiger partial charge in [0.05, 0.1) is 7.11 Å². The molecule has 2 aromatic heterocycles. The lowest BCUT2D eigenvalue weighted by Gasteiger charge is -2.16. The Bertz CT molecular complexity index is 938. The van der Waals surface area contributed by atoms with Gasteiger partial charge in [-0.1, -0.05) is 6.08 Å². The molecular formula is C21H27N5O3. The van der Waals surface area contributed by atoms with E-state index in [9.17, 15) is 9.59 Å². The van der Waals surface area contributed by atoms with Crippen molar-refractivity contribution in [3.63, 3.8) is 0 Å². The summed E-state index contributed by atoms with van der Waals surface area (Å²) < 4.78 is 5.17. The second-order valence-electron chi connectivity index (χ2n) is 7.30. The fourth-order valence-electron chi connectivity index (χ4n) is 3.23. The number of H-pyrrole nitrogens is 1. The molecule has 0 saturated carbocycles. The van der Waals surface area contributed by atoms with Gasteiger partial charge in [-0.25, -0.2) is 4.98 Å². The molecule has 8 nitrogen and oxygen atoms in total. The van der Waals surface area contributed by atoms with Gasteiger partial charge in [0.15, 0.2) is 0 Å². The lowest BCUT2D eigenvalue weighted by atomic mass is 10.1. The average molecular weight is 397 g/mol. The Hall–Kier alpha value is -3.13. The lowest BCUT2D eigenvalue weighted by molar-refractivity contribution is -0.125. The van der Waals surface area contributed by atoms with Gasteiger partial charge in [-0.15, -0.1) is 0 Å². The molecular weight excluding hydrogens is 370 g/mol. The van der Waals surface area contributed by atoms with E-state index < -0.39 is 0 Å². The zero-order valence-electron chi connectivity index (χ0n) is 17.0. The minimum atomic E-state index is -0.189. The number of ether oxygens (including phenoxy) is 1. The first-order valence-corrected chi connectivity index (χ1v) is 9.56. The molecule has 0 spiro atoms. The minimum Gasteiger partial charge on any atom is -0.481 e. The van der Waals surface area contributed by atoms with Gasteiger partial charge in [-0.05, 0) is 38.2 Å². The molecule has 1 atom stereocenters. The van der Waals surface area contributed by atoms with Crippen LogP contribution < -0.4 is 15.6 Å². The van der Waals surface area contributed by atoms with Crippen molar-refractivity contribution in [3.8, 4) is 17.0 Å². The van der Waals surface area contributed by atoms with E-state index in [-0.39, 0.29) is 17.5 Å². The maximum absolute atomic E-state index is 12.3. The molecule has 1 fully saturated rings. The molecule has 1 amide bonds. The predicted octanol–water partition coefficient (Wildman–Crippen LogP) is 1.58. The zero-order chi connectivity index (χ0) is 20.8. The van der Waals surface area contributed by atoms with Crippen molar-refractivity contribution in [1.29, 1.82) is 0 Å². The number of pyridine rings is 2. The summed E-state index contributed by atoms with van der Waals surface area (Å²) in [5.74, 6) is 0.512. The molecule has 154 valence electrons. The number of likely N-dealkylation sites (N-methyl/N-ethyl adjacent to an activating group) is 1. The molecule has 1 aliphatic rings. The van der Waals surface area contributed by atoms with Gasteiger partial charge in [0, 0.05) is 55.8 Å². The average Bonchev–Trinajstić information content (AvgIpc) is 3.18. The standard InChI is InChI=1S/C21H27N5O3/c1-25(2)9-4-5-20(27)26-10-7-17(14-26)24-18-11-16(13-23-21(18)28)15-6-8-22-19(12-15)29-3/h4-6,8,11-13,17,24H,7,9-10,14H2,1-3H3,(H,23,28). The molecule has 0 aromatic carbocycles. The topological polar surface area (TPSA) is 90.6 Å². The van der Waals surface area contributed by atoms with Crippen LogP contribution in [-0.4, -0.2) is 72.6 Å². The van der Waals surface area contributed by atoms with Crippen molar-refractivity contribution in [2.75, 3.05) is 46.2 Å². The first kappa shape index (κ1) is 20.6. The second kappa shape index (κ2) is 9.38. The smallest absolute Gasteiger partial charge is 0.271 e. The van der Waals surface area contributed by atoms with Crippen LogP contribution in [0.2, 0.25) is 0 Å². The second-order valence-corrected chi connectivity index (χ2v) is 7.30. The molecule has 3 heterocycles. The summed E-state index contributed by atoms with van der Waals surface area (Å²) in [5.41, 5.74) is 2.04. The maximum Gasteiger partial charge on any atom is 0.271 e. The van der Waals surface area contributed by atoms with Crippen LogP contribution in [0.3, 0.4) is 0 Å². The Balaban J connectivity index is 1.67. The quantitative estimate of drug-likeness (QED) is 0.690. The fraction of sp³-hybridized carbons (Fsp3) is 0.381. The van der Waals surface area contributed by atoms with E-state index in [0.29, 0.717) is 24.7 Å². The molecule has 2 N–H and O–H groups in total. The van der Waals surface area contributed by atoms with Gasteiger partial charge in [-0.2, -0.15) is 0 Å². The number of methoxy groups -OCH3 is 1. The summed E-state index contributed by atoms with van der Waals surface area (Å²) in [6.45, 7) is 1.96. The van der Waals surface area contributed by atoms with Crippen LogP contribution in [-0.2, 0) is 4.79 Å². The van der Waals surface area contributed by atoms with Crippen LogP contribution in [0.5, 0.6) is 5.88 Å². The Kier molecular flexibility index (Phi) is 6.66. The molecule has 1 saturated heterocycles. The molecule has 8 heteroatoms. The van der Waals surface area contributed by atoms with Gasteiger partial charge in [0.2, 0.25) is 11.8 Å². The van der Waals surface area contributed by atoms with Gasteiger partial charge < -0.3 is 24.8 Å². The fourth-order valence-corrected chi connectivity index (χ4v) is 3.23. The van der Waals surface area contributed by atoms with E-state index in [0.717, 1.165) is 24.1 Å². The number of aromatic nitrogens is 2. The van der Waals surface area contributed by atoms with E-state index >= 15 is 0 Å². The molecule has 3 rings (SSSR count). The summed E-state index contributed by atoms with van der Waals surface area (Å²) in [4.78, 5) is 35.3. The van der Waals surface area contributed by atoms with E-state index in [2.05, 4.69) is 15.3 Å². The molecule has 1 unspecified atom stereocenters. The Labute approximate surface area is 170 Å². The highest BCUT2D eigenvalue weighted by atomic mass is 16.5. The lowest BCUT2D eigenvalue weighted by Crippen LogP contribution is -2.31. The molecule has 0 radical (unpaired) electrons. The summed E-state index contributed by atoms with van der Waals surface area (Å²) in [6, 6.07) is 5.52. The maximum atomic E-state index is 12.3. The molecule has 2 aromatic rings. The third-order valence-electron chi connectivity index (χ3n) is 4.77. The highest BCUT2D eigenvalue weighted by molar-refractivity contribution is 5.87. The Morgan fingerprint density at radius 3 is 3.00 bits per heavy atom. The van der Waals surface area contributed by atoms with Crippen LogP contribution in [0.4, 0.5) is 5.69 Å². The molecule has 1 aliphatic heterocycles. The van der Waals surface area contributed by atoms with E-state index in [1.54, 1.807) is 30.5 Å². The zero-order valence-corrected chi connectivity index (χ0v) is 17.0. The van der Waals surface area contributed by atoms with Crippen molar-refractivity contribution >= 4 is 11.6 Å². The number of nitrogens with zero attached hydrogens (tertiary/aromatic N) is 3. The largest absolute Gasteiger partial charge is 0.481 e. The van der Waals surface area contributed by atoms with Gasteiger partial charge in [0.25, 0.3) is 5.56 Å². The van der Waals surface area contributed by atoms with Crippen LogP contribution in [0.15, 0.2) is 47.5 Å². The number of amides is 1. The van der Waals surface area contributed by atoms with Crippen molar-refractivity contribution < 1.29 is 9.53 Å². The predicted molar refractivity (Wildman–Crippen MR) is 113 cm³/mol. The first-order valence-electron chi connectivity index (χ1n) is 9.56. The normalized spacial score (nSPS) is 16.6. The molecule has 0 aliphatic carbocycles. The molecule has 0 bridgehead atoms. The first-order chi connectivity index (χ1) is 14.0. The van der Waals surface area contributed by atoms with Crippen molar-refractivity contribution in [2.24, 2.45) is 0 Å². The van der Waals surface area contributed by atoms with Gasteiger partial charge >= 0.3 is 0 Å². The number of rotatable bonds is 7. The highest BCUT2D eigenvalue weighted by Crippen LogP contribution is 2.23. The van der Waals surface area contributed by atoms with E-state index in [4.69, 9.17) is 4.74 Å². The Morgan fingerprint density at radius 2 is 2.24 bits per heavy atom. The van der Waals surface area contributed by atoms with E-state index in [1.165, 1.54) is 0 Å². The number of likely N-dealkylation sites (tertiary alicyclic amines) is 1. The van der Waals surface area contributed by atoms with Crippen molar-refractivity contribution in [2.45, 2.75) is 12.5 Å². The highest BCUT2D eigenvalue weighted by Gasteiger charge is 2.25. The number of aromatic amines is 1. The van der Waals surface area contributed by atoms with Crippen molar-refractivity contribution in [1.82, 2.24) is 19.8 Å². The summed E-state index contributed by atoms with van der Waals surface area (Å²) in [6.07, 6.45) is 7.60.